The first-order valence-corrected chi connectivity index (χ1v) is 8.39. The normalized spacial score (nSPS) is 18.1. The fraction of sp³-hybridized carbons (Fsp3) is 0.444. The zero-order chi connectivity index (χ0) is 12.5. The summed E-state index contributed by atoms with van der Waals surface area (Å²) < 4.78 is 25.8. The molecule has 1 aromatic rings. The van der Waals surface area contributed by atoms with E-state index in [-0.39, 0.29) is 9.77 Å². The lowest BCUT2D eigenvalue weighted by Crippen LogP contribution is -2.38. The van der Waals surface area contributed by atoms with Gasteiger partial charge < -0.3 is 5.11 Å². The minimum Gasteiger partial charge on any atom is -0.477 e. The first-order chi connectivity index (χ1) is 8.03. The van der Waals surface area contributed by atoms with E-state index in [9.17, 15) is 13.2 Å². The van der Waals surface area contributed by atoms with Gasteiger partial charge in [-0.3, -0.25) is 0 Å². The summed E-state index contributed by atoms with van der Waals surface area (Å²) >= 11 is 2.64. The Morgan fingerprint density at radius 1 is 1.35 bits per heavy atom. The third-order valence-corrected chi connectivity index (χ3v) is 6.33. The van der Waals surface area contributed by atoms with Crippen LogP contribution < -0.4 is 0 Å². The van der Waals surface area contributed by atoms with Gasteiger partial charge in [0.05, 0.1) is 0 Å². The van der Waals surface area contributed by atoms with E-state index in [1.54, 1.807) is 11.8 Å². The number of carboxylic acids is 1. The number of hydrogen-bond acceptors (Lipinski definition) is 5. The summed E-state index contributed by atoms with van der Waals surface area (Å²) in [6, 6.07) is 1.37. The molecule has 1 aliphatic heterocycles. The SMILES string of the molecule is O=C(O)c1sccc1S(=O)(=O)N1CCSCC1. The molecule has 0 amide bonds. The maximum atomic E-state index is 12.2. The van der Waals surface area contributed by atoms with Crippen LogP contribution in [0.3, 0.4) is 0 Å². The minimum atomic E-state index is -3.64. The van der Waals surface area contributed by atoms with Crippen LogP contribution in [0.4, 0.5) is 0 Å². The standard InChI is InChI=1S/C9H11NO4S3/c11-9(12)8-7(1-4-16-8)17(13,14)10-2-5-15-6-3-10/h1,4H,2-3,5-6H2,(H,11,12). The van der Waals surface area contributed by atoms with Crippen LogP contribution in [0.1, 0.15) is 9.67 Å². The summed E-state index contributed by atoms with van der Waals surface area (Å²) in [5, 5.41) is 10.4. The molecule has 1 saturated heterocycles. The molecule has 94 valence electrons. The maximum absolute atomic E-state index is 12.2. The van der Waals surface area contributed by atoms with Crippen molar-refractivity contribution in [1.29, 1.82) is 0 Å². The Hall–Kier alpha value is -0.570. The highest BCUT2D eigenvalue weighted by atomic mass is 32.2. The second-order valence-electron chi connectivity index (χ2n) is 3.44. The second kappa shape index (κ2) is 4.97. The van der Waals surface area contributed by atoms with Gasteiger partial charge in [-0.1, -0.05) is 0 Å². The molecule has 5 nitrogen and oxygen atoms in total. The average Bonchev–Trinajstić information content (AvgIpc) is 2.80. The van der Waals surface area contributed by atoms with Gasteiger partial charge in [-0.15, -0.1) is 11.3 Å². The number of thiophene rings is 1. The molecule has 0 saturated carbocycles. The fourth-order valence-corrected chi connectivity index (χ4v) is 5.39. The second-order valence-corrected chi connectivity index (χ2v) is 7.48. The van der Waals surface area contributed by atoms with Gasteiger partial charge in [0.15, 0.2) is 0 Å². The van der Waals surface area contributed by atoms with Crippen molar-refractivity contribution in [2.24, 2.45) is 0 Å². The van der Waals surface area contributed by atoms with Crippen LogP contribution in [0.2, 0.25) is 0 Å². The molecule has 1 aromatic heterocycles. The van der Waals surface area contributed by atoms with Crippen LogP contribution >= 0.6 is 23.1 Å². The Bertz CT molecular complexity index is 516. The summed E-state index contributed by atoms with van der Waals surface area (Å²) in [5.74, 6) is 0.322. The lowest BCUT2D eigenvalue weighted by Gasteiger charge is -2.25. The number of rotatable bonds is 3. The van der Waals surface area contributed by atoms with Crippen molar-refractivity contribution < 1.29 is 18.3 Å². The first kappa shape index (κ1) is 12.9. The Morgan fingerprint density at radius 3 is 2.59 bits per heavy atom. The highest BCUT2D eigenvalue weighted by Crippen LogP contribution is 2.26. The number of hydrogen-bond donors (Lipinski definition) is 1. The molecule has 2 rings (SSSR count). The smallest absolute Gasteiger partial charge is 0.347 e. The van der Waals surface area contributed by atoms with Crippen molar-refractivity contribution in [1.82, 2.24) is 4.31 Å². The molecule has 0 radical (unpaired) electrons. The lowest BCUT2D eigenvalue weighted by atomic mass is 10.5. The predicted molar refractivity (Wildman–Crippen MR) is 67.4 cm³/mol. The molecule has 0 atom stereocenters. The van der Waals surface area contributed by atoms with Crippen molar-refractivity contribution in [3.63, 3.8) is 0 Å². The first-order valence-electron chi connectivity index (χ1n) is 4.92. The number of carbonyl (C=O) groups is 1. The summed E-state index contributed by atoms with van der Waals surface area (Å²) in [6.45, 7) is 0.893. The molecule has 1 aliphatic rings. The maximum Gasteiger partial charge on any atom is 0.347 e. The van der Waals surface area contributed by atoms with E-state index in [1.807, 2.05) is 0 Å². The topological polar surface area (TPSA) is 74.7 Å². The quantitative estimate of drug-likeness (QED) is 0.906. The van der Waals surface area contributed by atoms with E-state index in [0.717, 1.165) is 22.8 Å². The molecule has 0 unspecified atom stereocenters. The lowest BCUT2D eigenvalue weighted by molar-refractivity contribution is 0.0698. The number of nitrogens with zero attached hydrogens (tertiary/aromatic N) is 1. The Kier molecular flexibility index (Phi) is 3.76. The van der Waals surface area contributed by atoms with Gasteiger partial charge in [0.25, 0.3) is 0 Å². The molecular weight excluding hydrogens is 282 g/mol. The molecule has 1 fully saturated rings. The van der Waals surface area contributed by atoms with Crippen LogP contribution in [0.5, 0.6) is 0 Å². The molecule has 8 heteroatoms. The van der Waals surface area contributed by atoms with E-state index in [4.69, 9.17) is 5.11 Å². The number of thioether (sulfide) groups is 1. The predicted octanol–water partition coefficient (Wildman–Crippen LogP) is 1.18. The van der Waals surface area contributed by atoms with E-state index < -0.39 is 16.0 Å². The van der Waals surface area contributed by atoms with Crippen molar-refractivity contribution in [2.45, 2.75) is 4.90 Å². The van der Waals surface area contributed by atoms with Crippen LogP contribution in [-0.2, 0) is 10.0 Å². The largest absolute Gasteiger partial charge is 0.477 e. The average molecular weight is 293 g/mol. The third kappa shape index (κ3) is 2.49. The Labute approximate surface area is 107 Å². The fourth-order valence-electron chi connectivity index (χ4n) is 1.58. The third-order valence-electron chi connectivity index (χ3n) is 2.41. The van der Waals surface area contributed by atoms with Crippen LogP contribution in [-0.4, -0.2) is 48.4 Å². The van der Waals surface area contributed by atoms with E-state index >= 15 is 0 Å². The molecule has 1 N–H and O–H groups in total. The van der Waals surface area contributed by atoms with Gasteiger partial charge in [-0.05, 0) is 11.4 Å². The van der Waals surface area contributed by atoms with Crippen LogP contribution in [0.15, 0.2) is 16.3 Å². The van der Waals surface area contributed by atoms with Crippen molar-refractivity contribution in [2.75, 3.05) is 24.6 Å². The molecular formula is C9H11NO4S3. The zero-order valence-corrected chi connectivity index (χ0v) is 11.3. The molecule has 0 aromatic carbocycles. The van der Waals surface area contributed by atoms with Crippen LogP contribution in [0, 0.1) is 0 Å². The van der Waals surface area contributed by atoms with Gasteiger partial charge in [0, 0.05) is 24.6 Å². The van der Waals surface area contributed by atoms with Gasteiger partial charge in [0.2, 0.25) is 10.0 Å². The van der Waals surface area contributed by atoms with Gasteiger partial charge in [0.1, 0.15) is 9.77 Å². The highest BCUT2D eigenvalue weighted by Gasteiger charge is 2.30. The minimum absolute atomic E-state index is 0.0816. The monoisotopic (exact) mass is 293 g/mol. The van der Waals surface area contributed by atoms with E-state index in [0.29, 0.717) is 13.1 Å². The van der Waals surface area contributed by atoms with Gasteiger partial charge in [-0.2, -0.15) is 16.1 Å². The summed E-state index contributed by atoms with van der Waals surface area (Å²) in [4.78, 5) is 10.7. The number of aromatic carboxylic acids is 1. The molecule has 0 bridgehead atoms. The molecule has 2 heterocycles. The zero-order valence-electron chi connectivity index (χ0n) is 8.83. The van der Waals surface area contributed by atoms with Crippen molar-refractivity contribution in [3.8, 4) is 0 Å². The van der Waals surface area contributed by atoms with Gasteiger partial charge in [-0.25, -0.2) is 13.2 Å². The summed E-state index contributed by atoms with van der Waals surface area (Å²) in [5.41, 5.74) is 0. The Morgan fingerprint density at radius 2 is 2.00 bits per heavy atom. The van der Waals surface area contributed by atoms with E-state index in [1.165, 1.54) is 15.8 Å². The molecule has 0 spiro atoms. The highest BCUT2D eigenvalue weighted by molar-refractivity contribution is 7.99. The Balaban J connectivity index is 2.37. The molecule has 17 heavy (non-hydrogen) atoms. The number of sulfonamides is 1. The molecule has 0 aliphatic carbocycles. The summed E-state index contributed by atoms with van der Waals surface area (Å²) in [6.07, 6.45) is 0. The summed E-state index contributed by atoms with van der Waals surface area (Å²) in [7, 11) is -3.64. The number of carboxylic acid groups (broad SMARTS) is 1. The van der Waals surface area contributed by atoms with Crippen molar-refractivity contribution in [3.05, 3.63) is 16.3 Å². The van der Waals surface area contributed by atoms with Crippen LogP contribution in [0.25, 0.3) is 0 Å². The van der Waals surface area contributed by atoms with Gasteiger partial charge >= 0.3 is 5.97 Å². The van der Waals surface area contributed by atoms with Crippen molar-refractivity contribution >= 4 is 39.1 Å². The van der Waals surface area contributed by atoms with E-state index in [2.05, 4.69) is 0 Å².